The minimum atomic E-state index is -0.191. The number of hydrogen-bond donors (Lipinski definition) is 2. The lowest BCUT2D eigenvalue weighted by Crippen LogP contribution is -2.30. The van der Waals surface area contributed by atoms with Crippen LogP contribution in [0.4, 0.5) is 5.69 Å². The number of phenols is 1. The average molecular weight is 308 g/mol. The summed E-state index contributed by atoms with van der Waals surface area (Å²) >= 11 is 11.7. The minimum Gasteiger partial charge on any atom is -0.504 e. The van der Waals surface area contributed by atoms with Crippen molar-refractivity contribution in [3.8, 4) is 5.75 Å². The third-order valence-electron chi connectivity index (χ3n) is 3.46. The van der Waals surface area contributed by atoms with Gasteiger partial charge in [0.2, 0.25) is 5.91 Å². The molecule has 2 N–H and O–H groups in total. The summed E-state index contributed by atoms with van der Waals surface area (Å²) in [7, 11) is 0. The Balaban J connectivity index is 1.82. The predicted octanol–water partition coefficient (Wildman–Crippen LogP) is 3.98. The maximum atomic E-state index is 12.2. The van der Waals surface area contributed by atoms with Crippen LogP contribution in [0.1, 0.15) is 17.0 Å². The molecule has 1 amide bonds. The normalized spacial score (nSPS) is 16.2. The lowest BCUT2D eigenvalue weighted by Gasteiger charge is -2.29. The van der Waals surface area contributed by atoms with Crippen molar-refractivity contribution in [2.75, 3.05) is 5.32 Å². The van der Waals surface area contributed by atoms with Gasteiger partial charge in [-0.15, -0.1) is 0 Å². The Morgan fingerprint density at radius 3 is 2.75 bits per heavy atom. The molecule has 0 spiro atoms. The van der Waals surface area contributed by atoms with Gasteiger partial charge in [0.25, 0.3) is 0 Å². The average Bonchev–Trinajstić information content (AvgIpc) is 2.37. The van der Waals surface area contributed by atoms with E-state index < -0.39 is 0 Å². The zero-order valence-electron chi connectivity index (χ0n) is 10.4. The van der Waals surface area contributed by atoms with E-state index in [0.29, 0.717) is 11.4 Å². The van der Waals surface area contributed by atoms with Crippen LogP contribution in [0.5, 0.6) is 5.75 Å². The van der Waals surface area contributed by atoms with Gasteiger partial charge >= 0.3 is 0 Å². The molecule has 0 radical (unpaired) electrons. The highest BCUT2D eigenvalue weighted by molar-refractivity contribution is 6.36. The molecule has 20 heavy (non-hydrogen) atoms. The van der Waals surface area contributed by atoms with Gasteiger partial charge in [-0.25, -0.2) is 0 Å². The second-order valence-corrected chi connectivity index (χ2v) is 5.57. The number of carbonyl (C=O) groups excluding carboxylic acids is 1. The standard InChI is InChI=1S/C15H11Cl2NO2/c16-9-6-12(17)14(19)13(7-9)18-15(20)11-5-8-3-1-2-4-10(8)11/h1-4,6-7,11,19H,5H2,(H,18,20). The molecule has 0 aliphatic heterocycles. The van der Waals surface area contributed by atoms with Gasteiger partial charge in [-0.1, -0.05) is 47.5 Å². The van der Waals surface area contributed by atoms with E-state index in [1.54, 1.807) is 0 Å². The molecule has 2 aromatic carbocycles. The van der Waals surface area contributed by atoms with Crippen molar-refractivity contribution in [3.05, 3.63) is 57.6 Å². The number of benzene rings is 2. The molecule has 0 heterocycles. The van der Waals surface area contributed by atoms with Crippen molar-refractivity contribution in [3.63, 3.8) is 0 Å². The number of phenolic OH excluding ortho intramolecular Hbond substituents is 1. The molecule has 0 bridgehead atoms. The quantitative estimate of drug-likeness (QED) is 0.825. The van der Waals surface area contributed by atoms with Gasteiger partial charge in [0.1, 0.15) is 0 Å². The first-order chi connectivity index (χ1) is 9.56. The van der Waals surface area contributed by atoms with Gasteiger partial charge in [0, 0.05) is 5.02 Å². The number of amides is 1. The summed E-state index contributed by atoms with van der Waals surface area (Å²) in [6.45, 7) is 0. The van der Waals surface area contributed by atoms with Crippen molar-refractivity contribution in [1.82, 2.24) is 0 Å². The highest BCUT2D eigenvalue weighted by atomic mass is 35.5. The van der Waals surface area contributed by atoms with Gasteiger partial charge < -0.3 is 10.4 Å². The van der Waals surface area contributed by atoms with E-state index in [4.69, 9.17) is 23.2 Å². The highest BCUT2D eigenvalue weighted by Crippen LogP contribution is 2.38. The first kappa shape index (κ1) is 13.3. The van der Waals surface area contributed by atoms with Crippen LogP contribution in [0.25, 0.3) is 0 Å². The van der Waals surface area contributed by atoms with E-state index >= 15 is 0 Å². The molecular formula is C15H11Cl2NO2. The molecule has 2 aromatic rings. The molecular weight excluding hydrogens is 297 g/mol. The second-order valence-electron chi connectivity index (χ2n) is 4.73. The number of carbonyl (C=O) groups is 1. The van der Waals surface area contributed by atoms with Crippen molar-refractivity contribution >= 4 is 34.8 Å². The van der Waals surface area contributed by atoms with Gasteiger partial charge in [-0.3, -0.25) is 4.79 Å². The zero-order chi connectivity index (χ0) is 14.3. The Labute approximate surface area is 126 Å². The summed E-state index contributed by atoms with van der Waals surface area (Å²) in [4.78, 5) is 12.2. The van der Waals surface area contributed by atoms with Crippen LogP contribution in [0.2, 0.25) is 10.0 Å². The summed E-state index contributed by atoms with van der Waals surface area (Å²) in [5, 5.41) is 13.0. The molecule has 0 saturated carbocycles. The fourth-order valence-electron chi connectivity index (χ4n) is 2.37. The lowest BCUT2D eigenvalue weighted by molar-refractivity contribution is -0.118. The molecule has 1 aliphatic carbocycles. The molecule has 1 aliphatic rings. The maximum absolute atomic E-state index is 12.2. The van der Waals surface area contributed by atoms with Gasteiger partial charge in [-0.2, -0.15) is 0 Å². The van der Waals surface area contributed by atoms with Crippen molar-refractivity contribution in [1.29, 1.82) is 0 Å². The van der Waals surface area contributed by atoms with Crippen molar-refractivity contribution < 1.29 is 9.90 Å². The van der Waals surface area contributed by atoms with Crippen molar-refractivity contribution in [2.24, 2.45) is 0 Å². The van der Waals surface area contributed by atoms with Gasteiger partial charge in [-0.05, 0) is 29.7 Å². The number of anilines is 1. The Morgan fingerprint density at radius 2 is 2.00 bits per heavy atom. The Morgan fingerprint density at radius 1 is 1.25 bits per heavy atom. The topological polar surface area (TPSA) is 49.3 Å². The van der Waals surface area contributed by atoms with E-state index in [1.807, 2.05) is 24.3 Å². The van der Waals surface area contributed by atoms with Crippen LogP contribution >= 0.6 is 23.2 Å². The van der Waals surface area contributed by atoms with Gasteiger partial charge in [0.15, 0.2) is 5.75 Å². The molecule has 1 atom stereocenters. The first-order valence-electron chi connectivity index (χ1n) is 6.13. The SMILES string of the molecule is O=C(Nc1cc(Cl)cc(Cl)c1O)C1Cc2ccccc21. The van der Waals surface area contributed by atoms with E-state index in [9.17, 15) is 9.90 Å². The number of hydrogen-bond acceptors (Lipinski definition) is 2. The fraction of sp³-hybridized carbons (Fsp3) is 0.133. The van der Waals surface area contributed by atoms with E-state index in [2.05, 4.69) is 5.32 Å². The Kier molecular flexibility index (Phi) is 3.32. The van der Waals surface area contributed by atoms with E-state index in [1.165, 1.54) is 17.7 Å². The number of nitrogens with one attached hydrogen (secondary N) is 1. The number of fused-ring (bicyclic) bond motifs is 1. The second kappa shape index (κ2) is 5.00. The monoisotopic (exact) mass is 307 g/mol. The molecule has 3 rings (SSSR count). The highest BCUT2D eigenvalue weighted by Gasteiger charge is 2.32. The maximum Gasteiger partial charge on any atom is 0.232 e. The first-order valence-corrected chi connectivity index (χ1v) is 6.88. The third kappa shape index (κ3) is 2.23. The minimum absolute atomic E-state index is 0.113. The Bertz CT molecular complexity index is 700. The molecule has 0 fully saturated rings. The third-order valence-corrected chi connectivity index (χ3v) is 3.96. The summed E-state index contributed by atoms with van der Waals surface area (Å²) in [5.41, 5.74) is 2.44. The van der Waals surface area contributed by atoms with E-state index in [-0.39, 0.29) is 28.3 Å². The summed E-state index contributed by atoms with van der Waals surface area (Å²) in [6, 6.07) is 10.7. The molecule has 0 aromatic heterocycles. The molecule has 3 nitrogen and oxygen atoms in total. The summed E-state index contributed by atoms with van der Waals surface area (Å²) in [5.74, 6) is -0.530. The van der Waals surface area contributed by atoms with Crippen LogP contribution < -0.4 is 5.32 Å². The predicted molar refractivity (Wildman–Crippen MR) is 79.6 cm³/mol. The molecule has 102 valence electrons. The number of halogens is 2. The van der Waals surface area contributed by atoms with Crippen LogP contribution in [0.15, 0.2) is 36.4 Å². The van der Waals surface area contributed by atoms with Crippen molar-refractivity contribution in [2.45, 2.75) is 12.3 Å². The number of rotatable bonds is 2. The smallest absolute Gasteiger partial charge is 0.232 e. The van der Waals surface area contributed by atoms with E-state index in [0.717, 1.165) is 5.56 Å². The molecule has 0 saturated heterocycles. The summed E-state index contributed by atoms with van der Waals surface area (Å²) in [6.07, 6.45) is 0.705. The van der Waals surface area contributed by atoms with Crippen LogP contribution in [0.3, 0.4) is 0 Å². The fourth-order valence-corrected chi connectivity index (χ4v) is 2.87. The number of aromatic hydroxyl groups is 1. The lowest BCUT2D eigenvalue weighted by atomic mass is 9.77. The zero-order valence-corrected chi connectivity index (χ0v) is 11.9. The van der Waals surface area contributed by atoms with Crippen LogP contribution in [0, 0.1) is 0 Å². The van der Waals surface area contributed by atoms with Crippen LogP contribution in [-0.2, 0) is 11.2 Å². The van der Waals surface area contributed by atoms with Gasteiger partial charge in [0.05, 0.1) is 16.6 Å². The van der Waals surface area contributed by atoms with Crippen LogP contribution in [-0.4, -0.2) is 11.0 Å². The largest absolute Gasteiger partial charge is 0.504 e. The summed E-state index contributed by atoms with van der Waals surface area (Å²) < 4.78 is 0. The molecule has 5 heteroatoms. The Hall–Kier alpha value is -1.71. The molecule has 1 unspecified atom stereocenters.